The highest BCUT2D eigenvalue weighted by molar-refractivity contribution is 5.82. The van der Waals surface area contributed by atoms with E-state index < -0.39 is 11.0 Å². The third-order valence-electron chi connectivity index (χ3n) is 3.86. The summed E-state index contributed by atoms with van der Waals surface area (Å²) in [6.07, 6.45) is 3.29. The number of nitro benzene ring substituents is 1. The minimum absolute atomic E-state index is 0.0130. The summed E-state index contributed by atoms with van der Waals surface area (Å²) in [5.74, 6) is -0.151. The van der Waals surface area contributed by atoms with E-state index in [1.807, 2.05) is 21.1 Å². The zero-order valence-electron chi connectivity index (χ0n) is 14.2. The van der Waals surface area contributed by atoms with Gasteiger partial charge in [0.05, 0.1) is 29.7 Å². The van der Waals surface area contributed by atoms with Crippen molar-refractivity contribution in [1.82, 2.24) is 19.4 Å². The van der Waals surface area contributed by atoms with E-state index in [4.69, 9.17) is 0 Å². The fourth-order valence-electron chi connectivity index (χ4n) is 2.61. The molecule has 24 heavy (non-hydrogen) atoms. The fraction of sp³-hybridized carbons (Fsp3) is 0.375. The highest BCUT2D eigenvalue weighted by Gasteiger charge is 2.29. The second kappa shape index (κ2) is 7.22. The lowest BCUT2D eigenvalue weighted by atomic mass is 10.1. The van der Waals surface area contributed by atoms with E-state index in [2.05, 4.69) is 4.98 Å². The SMILES string of the molecule is CN(Cc1ccccc1[N+](=O)[O-])C(=O)[C@H](c1cncn1C)N(C)C. The summed E-state index contributed by atoms with van der Waals surface area (Å²) in [6, 6.07) is 5.94. The number of aryl methyl sites for hydroxylation is 1. The van der Waals surface area contributed by atoms with Gasteiger partial charge in [0.1, 0.15) is 6.04 Å². The van der Waals surface area contributed by atoms with Crippen molar-refractivity contribution < 1.29 is 9.72 Å². The van der Waals surface area contributed by atoms with Crippen molar-refractivity contribution in [2.24, 2.45) is 7.05 Å². The van der Waals surface area contributed by atoms with Crippen LogP contribution >= 0.6 is 0 Å². The van der Waals surface area contributed by atoms with Gasteiger partial charge in [-0.3, -0.25) is 19.8 Å². The number of nitrogens with zero attached hydrogens (tertiary/aromatic N) is 5. The van der Waals surface area contributed by atoms with Gasteiger partial charge in [-0.25, -0.2) is 4.98 Å². The van der Waals surface area contributed by atoms with Crippen LogP contribution in [0.3, 0.4) is 0 Å². The van der Waals surface area contributed by atoms with Crippen molar-refractivity contribution >= 4 is 11.6 Å². The maximum Gasteiger partial charge on any atom is 0.274 e. The summed E-state index contributed by atoms with van der Waals surface area (Å²) >= 11 is 0. The lowest BCUT2D eigenvalue weighted by Crippen LogP contribution is -2.39. The first-order chi connectivity index (χ1) is 11.3. The Morgan fingerprint density at radius 1 is 1.33 bits per heavy atom. The summed E-state index contributed by atoms with van der Waals surface area (Å²) in [7, 11) is 7.10. The Morgan fingerprint density at radius 3 is 2.54 bits per heavy atom. The van der Waals surface area contributed by atoms with Gasteiger partial charge in [-0.05, 0) is 14.1 Å². The van der Waals surface area contributed by atoms with Gasteiger partial charge >= 0.3 is 0 Å². The molecule has 0 saturated carbocycles. The molecule has 128 valence electrons. The number of aromatic nitrogens is 2. The van der Waals surface area contributed by atoms with E-state index in [9.17, 15) is 14.9 Å². The third-order valence-corrected chi connectivity index (χ3v) is 3.86. The Balaban J connectivity index is 2.25. The van der Waals surface area contributed by atoms with Crippen LogP contribution in [0.2, 0.25) is 0 Å². The Hall–Kier alpha value is -2.74. The molecule has 1 aromatic heterocycles. The smallest absolute Gasteiger partial charge is 0.274 e. The predicted molar refractivity (Wildman–Crippen MR) is 89.2 cm³/mol. The second-order valence-electron chi connectivity index (χ2n) is 5.88. The molecule has 8 nitrogen and oxygen atoms in total. The van der Waals surface area contributed by atoms with E-state index in [0.29, 0.717) is 5.56 Å². The Bertz CT molecular complexity index is 741. The van der Waals surface area contributed by atoms with Crippen molar-refractivity contribution in [2.75, 3.05) is 21.1 Å². The fourth-order valence-corrected chi connectivity index (χ4v) is 2.61. The third kappa shape index (κ3) is 3.60. The topological polar surface area (TPSA) is 84.5 Å². The van der Waals surface area contributed by atoms with Gasteiger partial charge in [-0.15, -0.1) is 0 Å². The van der Waals surface area contributed by atoms with E-state index in [-0.39, 0.29) is 18.1 Å². The van der Waals surface area contributed by atoms with Crippen molar-refractivity contribution in [3.8, 4) is 0 Å². The van der Waals surface area contributed by atoms with E-state index in [0.717, 1.165) is 5.69 Å². The maximum absolute atomic E-state index is 12.9. The van der Waals surface area contributed by atoms with Crippen LogP contribution < -0.4 is 0 Å². The normalized spacial score (nSPS) is 12.2. The van der Waals surface area contributed by atoms with E-state index >= 15 is 0 Å². The van der Waals surface area contributed by atoms with Crippen molar-refractivity contribution in [2.45, 2.75) is 12.6 Å². The van der Waals surface area contributed by atoms with Crippen LogP contribution in [0, 0.1) is 10.1 Å². The number of imidazole rings is 1. The lowest BCUT2D eigenvalue weighted by molar-refractivity contribution is -0.385. The Morgan fingerprint density at radius 2 is 2.00 bits per heavy atom. The van der Waals surface area contributed by atoms with Crippen molar-refractivity contribution in [3.05, 3.63) is 58.2 Å². The molecular formula is C16H21N5O3. The number of rotatable bonds is 6. The molecule has 0 bridgehead atoms. The molecule has 0 N–H and O–H groups in total. The van der Waals surface area contributed by atoms with Gasteiger partial charge in [0, 0.05) is 25.7 Å². The molecule has 1 aromatic carbocycles. The lowest BCUT2D eigenvalue weighted by Gasteiger charge is -2.28. The van der Waals surface area contributed by atoms with Gasteiger partial charge in [0.2, 0.25) is 5.91 Å². The minimum atomic E-state index is -0.509. The maximum atomic E-state index is 12.9. The highest BCUT2D eigenvalue weighted by atomic mass is 16.6. The predicted octanol–water partition coefficient (Wildman–Crippen LogP) is 1.59. The molecule has 0 radical (unpaired) electrons. The second-order valence-corrected chi connectivity index (χ2v) is 5.88. The van der Waals surface area contributed by atoms with Gasteiger partial charge in [-0.1, -0.05) is 18.2 Å². The summed E-state index contributed by atoms with van der Waals surface area (Å²) < 4.78 is 1.79. The molecular weight excluding hydrogens is 310 g/mol. The van der Waals surface area contributed by atoms with Crippen LogP contribution in [0.4, 0.5) is 5.69 Å². The minimum Gasteiger partial charge on any atom is -0.339 e. The van der Waals surface area contributed by atoms with Crippen molar-refractivity contribution in [3.63, 3.8) is 0 Å². The van der Waals surface area contributed by atoms with Gasteiger partial charge in [0.25, 0.3) is 5.69 Å². The molecule has 0 spiro atoms. The molecule has 1 atom stereocenters. The zero-order valence-corrected chi connectivity index (χ0v) is 14.2. The quantitative estimate of drug-likeness (QED) is 0.593. The molecule has 2 aromatic rings. The number of hydrogen-bond acceptors (Lipinski definition) is 5. The molecule has 0 unspecified atom stereocenters. The molecule has 0 aliphatic rings. The number of hydrogen-bond donors (Lipinski definition) is 0. The van der Waals surface area contributed by atoms with Crippen molar-refractivity contribution in [1.29, 1.82) is 0 Å². The Labute approximate surface area is 140 Å². The van der Waals surface area contributed by atoms with E-state index in [1.165, 1.54) is 11.0 Å². The molecule has 0 aliphatic heterocycles. The van der Waals surface area contributed by atoms with Crippen LogP contribution in [0.5, 0.6) is 0 Å². The molecule has 1 heterocycles. The van der Waals surface area contributed by atoms with Crippen LogP contribution in [-0.2, 0) is 18.4 Å². The van der Waals surface area contributed by atoms with Crippen LogP contribution in [-0.4, -0.2) is 51.3 Å². The average Bonchev–Trinajstić information content (AvgIpc) is 2.93. The van der Waals surface area contributed by atoms with Gasteiger partial charge in [-0.2, -0.15) is 0 Å². The van der Waals surface area contributed by atoms with Crippen LogP contribution in [0.1, 0.15) is 17.3 Å². The van der Waals surface area contributed by atoms with Crippen LogP contribution in [0.15, 0.2) is 36.8 Å². The molecule has 2 rings (SSSR count). The molecule has 0 saturated heterocycles. The summed E-state index contributed by atoms with van der Waals surface area (Å²) in [6.45, 7) is 0.165. The number of carbonyl (C=O) groups excluding carboxylic acids is 1. The first-order valence-corrected chi connectivity index (χ1v) is 7.42. The highest BCUT2D eigenvalue weighted by Crippen LogP contribution is 2.23. The first-order valence-electron chi connectivity index (χ1n) is 7.42. The van der Waals surface area contributed by atoms with Gasteiger partial charge < -0.3 is 9.47 Å². The number of likely N-dealkylation sites (N-methyl/N-ethyl adjacent to an activating group) is 2. The Kier molecular flexibility index (Phi) is 5.30. The number of benzene rings is 1. The number of para-hydroxylation sites is 1. The monoisotopic (exact) mass is 331 g/mol. The summed E-state index contributed by atoms with van der Waals surface area (Å²) in [5.41, 5.74) is 1.28. The summed E-state index contributed by atoms with van der Waals surface area (Å²) in [4.78, 5) is 31.0. The largest absolute Gasteiger partial charge is 0.339 e. The van der Waals surface area contributed by atoms with E-state index in [1.54, 1.807) is 47.2 Å². The summed E-state index contributed by atoms with van der Waals surface area (Å²) in [5, 5.41) is 11.1. The number of amides is 1. The number of nitro groups is 1. The van der Waals surface area contributed by atoms with Crippen LogP contribution in [0.25, 0.3) is 0 Å². The standard InChI is InChI=1S/C16H21N5O3/c1-18(2)15(14-9-17-11-20(14)4)16(22)19(3)10-12-7-5-6-8-13(12)21(23)24/h5-9,11,15H,10H2,1-4H3/t15-/m0/s1. The molecule has 0 fully saturated rings. The average molecular weight is 331 g/mol. The molecule has 8 heteroatoms. The van der Waals surface area contributed by atoms with Gasteiger partial charge in [0.15, 0.2) is 0 Å². The molecule has 1 amide bonds. The molecule has 0 aliphatic carbocycles. The first kappa shape index (κ1) is 17.6. The number of carbonyl (C=O) groups is 1. The zero-order chi connectivity index (χ0) is 17.9.